The average Bonchev–Trinajstić information content (AvgIpc) is 1.86. The summed E-state index contributed by atoms with van der Waals surface area (Å²) in [7, 11) is 0. The van der Waals surface area contributed by atoms with Crippen molar-refractivity contribution in [2.24, 2.45) is 4.99 Å². The Balaban J connectivity index is 2.52. The van der Waals surface area contributed by atoms with Crippen LogP contribution in [0, 0.1) is 0 Å². The SMILES string of the molecule is S=C1CN=CS1. The predicted molar refractivity (Wildman–Crippen MR) is 33.5 cm³/mol. The third kappa shape index (κ3) is 0.786. The Labute approximate surface area is 45.8 Å². The van der Waals surface area contributed by atoms with Gasteiger partial charge < -0.3 is 0 Å². The molecule has 1 heterocycles. The van der Waals surface area contributed by atoms with Crippen molar-refractivity contribution in [3.63, 3.8) is 0 Å². The molecule has 0 aliphatic carbocycles. The molecule has 0 atom stereocenters. The molecule has 0 saturated heterocycles. The fourth-order valence-corrected chi connectivity index (χ4v) is 0.864. The molecule has 1 nitrogen and oxygen atoms in total. The minimum Gasteiger partial charge on any atom is -0.280 e. The van der Waals surface area contributed by atoms with Gasteiger partial charge in [-0.2, -0.15) is 0 Å². The van der Waals surface area contributed by atoms with E-state index in [1.165, 1.54) is 11.8 Å². The van der Waals surface area contributed by atoms with Gasteiger partial charge in [0.15, 0.2) is 0 Å². The number of hydrogen-bond acceptors (Lipinski definition) is 3. The van der Waals surface area contributed by atoms with Crippen LogP contribution in [-0.4, -0.2) is 16.3 Å². The molecular weight excluding hydrogens is 114 g/mol. The number of hydrogen-bond donors (Lipinski definition) is 0. The second-order valence-corrected chi connectivity index (χ2v) is 2.63. The Morgan fingerprint density at radius 2 is 2.83 bits per heavy atom. The largest absolute Gasteiger partial charge is 0.280 e. The average molecular weight is 117 g/mol. The van der Waals surface area contributed by atoms with Gasteiger partial charge in [0.2, 0.25) is 0 Å². The standard InChI is InChI=1S/C3H3NS2/c5-3-1-4-2-6-3/h2H,1H2. The van der Waals surface area contributed by atoms with E-state index in [0.717, 1.165) is 10.7 Å². The summed E-state index contributed by atoms with van der Waals surface area (Å²) in [5.74, 6) is 0. The van der Waals surface area contributed by atoms with E-state index in [1.54, 1.807) is 5.55 Å². The van der Waals surface area contributed by atoms with Crippen LogP contribution in [0.1, 0.15) is 0 Å². The van der Waals surface area contributed by atoms with Crippen molar-refractivity contribution >= 4 is 33.7 Å². The summed E-state index contributed by atoms with van der Waals surface area (Å²) in [5.41, 5.74) is 1.78. The molecule has 0 aromatic heterocycles. The topological polar surface area (TPSA) is 12.4 Å². The van der Waals surface area contributed by atoms with E-state index in [1.807, 2.05) is 0 Å². The number of rotatable bonds is 0. The first kappa shape index (κ1) is 4.27. The zero-order valence-electron chi connectivity index (χ0n) is 3.05. The highest BCUT2D eigenvalue weighted by Crippen LogP contribution is 2.06. The lowest BCUT2D eigenvalue weighted by molar-refractivity contribution is 1.38. The molecule has 0 radical (unpaired) electrons. The summed E-state index contributed by atoms with van der Waals surface area (Å²) in [6, 6.07) is 0. The lowest BCUT2D eigenvalue weighted by atomic mass is 10.8. The fraction of sp³-hybridized carbons (Fsp3) is 0.333. The summed E-state index contributed by atoms with van der Waals surface area (Å²) in [4.78, 5) is 3.86. The van der Waals surface area contributed by atoms with Crippen molar-refractivity contribution in [3.8, 4) is 0 Å². The van der Waals surface area contributed by atoms with Gasteiger partial charge >= 0.3 is 0 Å². The Hall–Kier alpha value is 0.110. The van der Waals surface area contributed by atoms with Crippen LogP contribution < -0.4 is 0 Å². The molecular formula is C3H3NS2. The maximum Gasteiger partial charge on any atom is 0.0811 e. The highest BCUT2D eigenvalue weighted by molar-refractivity contribution is 8.32. The maximum absolute atomic E-state index is 4.76. The predicted octanol–water partition coefficient (Wildman–Crippen LogP) is 1.09. The van der Waals surface area contributed by atoms with Crippen LogP contribution in [0.4, 0.5) is 0 Å². The minimum absolute atomic E-state index is 0.750. The molecule has 0 saturated carbocycles. The third-order valence-electron chi connectivity index (χ3n) is 0.479. The summed E-state index contributed by atoms with van der Waals surface area (Å²) < 4.78 is 0.981. The van der Waals surface area contributed by atoms with Crippen molar-refractivity contribution < 1.29 is 0 Å². The van der Waals surface area contributed by atoms with Crippen LogP contribution in [0.25, 0.3) is 0 Å². The Bertz CT molecular complexity index is 87.0. The van der Waals surface area contributed by atoms with E-state index < -0.39 is 0 Å². The molecule has 0 N–H and O–H groups in total. The lowest BCUT2D eigenvalue weighted by Gasteiger charge is -1.74. The number of aliphatic imine (C=N–C) groups is 1. The molecule has 0 amide bonds. The van der Waals surface area contributed by atoms with E-state index in [0.29, 0.717) is 0 Å². The molecule has 0 bridgehead atoms. The number of thioether (sulfide) groups is 1. The molecule has 6 heavy (non-hydrogen) atoms. The van der Waals surface area contributed by atoms with Gasteiger partial charge in [0.25, 0.3) is 0 Å². The molecule has 1 aliphatic heterocycles. The first-order valence-corrected chi connectivity index (χ1v) is 2.86. The van der Waals surface area contributed by atoms with E-state index >= 15 is 0 Å². The number of thiocarbonyl (C=S) groups is 1. The monoisotopic (exact) mass is 117 g/mol. The van der Waals surface area contributed by atoms with Gasteiger partial charge in [-0.15, -0.1) is 0 Å². The van der Waals surface area contributed by atoms with Gasteiger partial charge in [0.1, 0.15) is 0 Å². The van der Waals surface area contributed by atoms with Crippen LogP contribution in [-0.2, 0) is 0 Å². The molecule has 0 fully saturated rings. The summed E-state index contributed by atoms with van der Waals surface area (Å²) >= 11 is 6.29. The van der Waals surface area contributed by atoms with Crippen molar-refractivity contribution in [1.82, 2.24) is 0 Å². The second-order valence-electron chi connectivity index (χ2n) is 0.936. The first-order valence-electron chi connectivity index (χ1n) is 1.57. The minimum atomic E-state index is 0.750. The van der Waals surface area contributed by atoms with E-state index in [4.69, 9.17) is 12.2 Å². The van der Waals surface area contributed by atoms with Crippen LogP contribution in [0.3, 0.4) is 0 Å². The lowest BCUT2D eigenvalue weighted by Crippen LogP contribution is -1.81. The molecule has 3 heteroatoms. The van der Waals surface area contributed by atoms with Gasteiger partial charge in [-0.1, -0.05) is 24.0 Å². The molecule has 0 aromatic carbocycles. The highest BCUT2D eigenvalue weighted by Gasteiger charge is 1.96. The van der Waals surface area contributed by atoms with Crippen molar-refractivity contribution in [2.75, 3.05) is 6.54 Å². The maximum atomic E-state index is 4.76. The Kier molecular flexibility index (Phi) is 1.22. The summed E-state index contributed by atoms with van der Waals surface area (Å²) in [6.45, 7) is 0.750. The van der Waals surface area contributed by atoms with Crippen molar-refractivity contribution in [3.05, 3.63) is 0 Å². The van der Waals surface area contributed by atoms with Gasteiger partial charge in [-0.3, -0.25) is 4.99 Å². The molecule has 1 rings (SSSR count). The van der Waals surface area contributed by atoms with Crippen molar-refractivity contribution in [1.29, 1.82) is 0 Å². The van der Waals surface area contributed by atoms with Gasteiger partial charge in [-0.05, 0) is 0 Å². The van der Waals surface area contributed by atoms with Crippen LogP contribution in [0.5, 0.6) is 0 Å². The van der Waals surface area contributed by atoms with E-state index in [9.17, 15) is 0 Å². The summed E-state index contributed by atoms with van der Waals surface area (Å²) in [5, 5.41) is 0. The fourth-order valence-electron chi connectivity index (χ4n) is 0.245. The third-order valence-corrected chi connectivity index (χ3v) is 1.54. The smallest absolute Gasteiger partial charge is 0.0811 e. The highest BCUT2D eigenvalue weighted by atomic mass is 32.2. The normalized spacial score (nSPS) is 19.7. The Morgan fingerprint density at radius 3 is 3.00 bits per heavy atom. The molecule has 0 unspecified atom stereocenters. The molecule has 0 spiro atoms. The van der Waals surface area contributed by atoms with E-state index in [-0.39, 0.29) is 0 Å². The zero-order valence-corrected chi connectivity index (χ0v) is 4.68. The molecule has 0 aromatic rings. The van der Waals surface area contributed by atoms with Gasteiger partial charge in [0.05, 0.1) is 16.3 Å². The Morgan fingerprint density at radius 1 is 2.00 bits per heavy atom. The van der Waals surface area contributed by atoms with Crippen molar-refractivity contribution in [2.45, 2.75) is 0 Å². The molecule has 1 aliphatic rings. The number of nitrogens with zero attached hydrogens (tertiary/aromatic N) is 1. The van der Waals surface area contributed by atoms with Gasteiger partial charge in [0, 0.05) is 0 Å². The van der Waals surface area contributed by atoms with Crippen LogP contribution in [0.2, 0.25) is 0 Å². The second kappa shape index (κ2) is 1.71. The first-order chi connectivity index (χ1) is 2.89. The molecule has 32 valence electrons. The zero-order chi connectivity index (χ0) is 4.41. The quantitative estimate of drug-likeness (QED) is 0.440. The summed E-state index contributed by atoms with van der Waals surface area (Å²) in [6.07, 6.45) is 0. The van der Waals surface area contributed by atoms with Gasteiger partial charge in [-0.25, -0.2) is 0 Å². The van der Waals surface area contributed by atoms with Crippen LogP contribution in [0.15, 0.2) is 4.99 Å². The van der Waals surface area contributed by atoms with Crippen LogP contribution >= 0.6 is 24.0 Å². The van der Waals surface area contributed by atoms with E-state index in [2.05, 4.69) is 4.99 Å².